The van der Waals surface area contributed by atoms with Crippen LogP contribution in [0.4, 0.5) is 17.1 Å². The average Bonchev–Trinajstić information content (AvgIpc) is 3.86. The number of thiophene rings is 2. The van der Waals surface area contributed by atoms with Gasteiger partial charge in [0.2, 0.25) is 5.89 Å². The highest BCUT2D eigenvalue weighted by molar-refractivity contribution is 7.26. The molecule has 0 N–H and O–H groups in total. The maximum absolute atomic E-state index is 6.62. The van der Waals surface area contributed by atoms with Gasteiger partial charge in [-0.05, 0) is 59.7 Å². The predicted molar refractivity (Wildman–Crippen MR) is 205 cm³/mol. The molecule has 10 rings (SSSR count). The first kappa shape index (κ1) is 27.4. The molecule has 0 atom stereocenters. The summed E-state index contributed by atoms with van der Waals surface area (Å²) in [6, 6.07) is 56.0. The van der Waals surface area contributed by atoms with Gasteiger partial charge in [0.1, 0.15) is 5.52 Å². The van der Waals surface area contributed by atoms with Crippen molar-refractivity contribution in [1.82, 2.24) is 4.98 Å². The van der Waals surface area contributed by atoms with E-state index in [-0.39, 0.29) is 0 Å². The molecule has 0 aliphatic rings. The van der Waals surface area contributed by atoms with Gasteiger partial charge in [-0.3, -0.25) is 0 Å². The normalized spacial score (nSPS) is 11.8. The van der Waals surface area contributed by atoms with Gasteiger partial charge in [-0.25, -0.2) is 4.98 Å². The van der Waals surface area contributed by atoms with E-state index in [4.69, 9.17) is 9.40 Å². The minimum absolute atomic E-state index is 0.628. The Balaban J connectivity index is 1.28. The highest BCUT2D eigenvalue weighted by Crippen LogP contribution is 2.49. The Kier molecular flexibility index (Phi) is 6.22. The molecule has 0 amide bonds. The molecule has 10 aromatic rings. The molecule has 3 nitrogen and oxygen atoms in total. The number of anilines is 3. The smallest absolute Gasteiger partial charge is 0.227 e. The first-order valence-electron chi connectivity index (χ1n) is 16.0. The molecule has 5 heteroatoms. The summed E-state index contributed by atoms with van der Waals surface area (Å²) in [6.07, 6.45) is 0. The molecule has 0 unspecified atom stereocenters. The van der Waals surface area contributed by atoms with Gasteiger partial charge in [-0.15, -0.1) is 22.7 Å². The average molecular weight is 651 g/mol. The fraction of sp³-hybridized carbons (Fsp3) is 0. The van der Waals surface area contributed by atoms with Crippen molar-refractivity contribution in [2.75, 3.05) is 4.90 Å². The molecular weight excluding hydrogens is 625 g/mol. The van der Waals surface area contributed by atoms with Gasteiger partial charge < -0.3 is 9.32 Å². The molecule has 48 heavy (non-hydrogen) atoms. The lowest BCUT2D eigenvalue weighted by Gasteiger charge is -2.26. The second kappa shape index (κ2) is 10.9. The third kappa shape index (κ3) is 4.36. The van der Waals surface area contributed by atoms with Crippen LogP contribution in [0.1, 0.15) is 0 Å². The molecule has 0 fully saturated rings. The number of hydrogen-bond donors (Lipinski definition) is 0. The van der Waals surface area contributed by atoms with Crippen LogP contribution in [0.15, 0.2) is 162 Å². The summed E-state index contributed by atoms with van der Waals surface area (Å²) < 4.78 is 11.6. The lowest BCUT2D eigenvalue weighted by Crippen LogP contribution is -2.10. The second-order valence-corrected chi connectivity index (χ2v) is 14.1. The topological polar surface area (TPSA) is 29.3 Å². The fourth-order valence-electron chi connectivity index (χ4n) is 6.87. The molecule has 0 spiro atoms. The van der Waals surface area contributed by atoms with Gasteiger partial charge >= 0.3 is 0 Å². The summed E-state index contributed by atoms with van der Waals surface area (Å²) in [5.41, 5.74) is 8.23. The van der Waals surface area contributed by atoms with Gasteiger partial charge in [-0.1, -0.05) is 103 Å². The molecule has 0 saturated carbocycles. The van der Waals surface area contributed by atoms with Crippen molar-refractivity contribution >= 4 is 91.2 Å². The third-order valence-corrected chi connectivity index (χ3v) is 11.4. The molecule has 3 heterocycles. The minimum Gasteiger partial charge on any atom is -0.436 e. The van der Waals surface area contributed by atoms with Crippen molar-refractivity contribution in [2.24, 2.45) is 0 Å². The zero-order valence-corrected chi connectivity index (χ0v) is 27.3. The number of oxazole rings is 1. The summed E-state index contributed by atoms with van der Waals surface area (Å²) in [7, 11) is 0. The Bertz CT molecular complexity index is 2790. The molecular formula is C43H26N2OS2. The van der Waals surface area contributed by atoms with Gasteiger partial charge in [0, 0.05) is 58.6 Å². The standard InChI is InChI=1S/C43H26N2OS2/c1-3-12-27(13-4-1)29-16-11-17-30(24-29)45(31-22-23-33-32-18-7-9-20-37(32)47-39(33)25-31)35-26-36-41(44-43(46-36)28-14-5-2-6-15-28)40-34-19-8-10-21-38(34)48-42(35)40/h1-26H. The van der Waals surface area contributed by atoms with Crippen molar-refractivity contribution in [3.05, 3.63) is 158 Å². The first-order chi connectivity index (χ1) is 23.8. The van der Waals surface area contributed by atoms with Crippen molar-refractivity contribution in [3.8, 4) is 22.6 Å². The molecule has 0 radical (unpaired) electrons. The van der Waals surface area contributed by atoms with Crippen LogP contribution in [-0.2, 0) is 0 Å². The van der Waals surface area contributed by atoms with Crippen molar-refractivity contribution in [2.45, 2.75) is 0 Å². The van der Waals surface area contributed by atoms with Crippen molar-refractivity contribution in [3.63, 3.8) is 0 Å². The van der Waals surface area contributed by atoms with Gasteiger partial charge in [-0.2, -0.15) is 0 Å². The van der Waals surface area contributed by atoms with E-state index in [1.807, 2.05) is 40.9 Å². The highest BCUT2D eigenvalue weighted by Gasteiger charge is 2.24. The Morgan fingerprint density at radius 2 is 1.12 bits per heavy atom. The third-order valence-electron chi connectivity index (χ3n) is 9.08. The lowest BCUT2D eigenvalue weighted by atomic mass is 10.0. The van der Waals surface area contributed by atoms with Crippen LogP contribution in [0.5, 0.6) is 0 Å². The van der Waals surface area contributed by atoms with E-state index in [1.165, 1.54) is 46.1 Å². The van der Waals surface area contributed by atoms with E-state index >= 15 is 0 Å². The lowest BCUT2D eigenvalue weighted by molar-refractivity contribution is 0.620. The fourth-order valence-corrected chi connectivity index (χ4v) is 9.22. The number of aromatic nitrogens is 1. The number of fused-ring (bicyclic) bond motifs is 8. The second-order valence-electron chi connectivity index (χ2n) is 12.0. The maximum Gasteiger partial charge on any atom is 0.227 e. The Hall–Kier alpha value is -5.75. The van der Waals surface area contributed by atoms with Crippen molar-refractivity contribution in [1.29, 1.82) is 0 Å². The number of benzene rings is 7. The molecule has 0 saturated heterocycles. The van der Waals surface area contributed by atoms with Gasteiger partial charge in [0.25, 0.3) is 0 Å². The molecule has 3 aromatic heterocycles. The van der Waals surface area contributed by atoms with Gasteiger partial charge in [0.05, 0.1) is 10.4 Å². The quantitative estimate of drug-likeness (QED) is 0.186. The Morgan fingerprint density at radius 3 is 1.94 bits per heavy atom. The van der Waals surface area contributed by atoms with Crippen LogP contribution in [0.25, 0.3) is 74.0 Å². The minimum atomic E-state index is 0.628. The van der Waals surface area contributed by atoms with Crippen LogP contribution in [0.3, 0.4) is 0 Å². The van der Waals surface area contributed by atoms with Crippen LogP contribution in [-0.4, -0.2) is 4.98 Å². The molecule has 7 aromatic carbocycles. The summed E-state index contributed by atoms with van der Waals surface area (Å²) >= 11 is 3.66. The van der Waals surface area contributed by atoms with E-state index < -0.39 is 0 Å². The Morgan fingerprint density at radius 1 is 0.479 bits per heavy atom. The summed E-state index contributed by atoms with van der Waals surface area (Å²) in [4.78, 5) is 7.52. The molecule has 0 aliphatic carbocycles. The van der Waals surface area contributed by atoms with E-state index in [9.17, 15) is 0 Å². The Labute approximate surface area is 284 Å². The summed E-state index contributed by atoms with van der Waals surface area (Å²) in [6.45, 7) is 0. The molecule has 0 bridgehead atoms. The van der Waals surface area contributed by atoms with Crippen LogP contribution in [0.2, 0.25) is 0 Å². The molecule has 0 aliphatic heterocycles. The summed E-state index contributed by atoms with van der Waals surface area (Å²) in [5, 5.41) is 4.89. The van der Waals surface area contributed by atoms with Gasteiger partial charge in [0.15, 0.2) is 5.58 Å². The van der Waals surface area contributed by atoms with E-state index in [2.05, 4.69) is 144 Å². The van der Waals surface area contributed by atoms with Crippen molar-refractivity contribution < 1.29 is 4.42 Å². The zero-order valence-electron chi connectivity index (χ0n) is 25.6. The molecule has 226 valence electrons. The van der Waals surface area contributed by atoms with Crippen LogP contribution >= 0.6 is 22.7 Å². The van der Waals surface area contributed by atoms with Crippen LogP contribution < -0.4 is 4.90 Å². The number of rotatable bonds is 5. The van der Waals surface area contributed by atoms with E-state index in [1.54, 1.807) is 0 Å². The van der Waals surface area contributed by atoms with E-state index in [0.29, 0.717) is 5.89 Å². The monoisotopic (exact) mass is 650 g/mol. The number of nitrogens with zero attached hydrogens (tertiary/aromatic N) is 2. The zero-order chi connectivity index (χ0) is 31.6. The first-order valence-corrected chi connectivity index (χ1v) is 17.6. The predicted octanol–water partition coefficient (Wildman–Crippen LogP) is 13.4. The van der Waals surface area contributed by atoms with E-state index in [0.717, 1.165) is 39.1 Å². The highest BCUT2D eigenvalue weighted by atomic mass is 32.1. The van der Waals surface area contributed by atoms with Crippen LogP contribution in [0, 0.1) is 0 Å². The number of hydrogen-bond acceptors (Lipinski definition) is 5. The SMILES string of the molecule is c1ccc(-c2cccc(N(c3ccc4c(c3)sc3ccccc34)c3cc4oc(-c5ccccc5)nc4c4c3sc3ccccc34)c2)cc1. The maximum atomic E-state index is 6.62. The largest absolute Gasteiger partial charge is 0.436 e. The summed E-state index contributed by atoms with van der Waals surface area (Å²) in [5.74, 6) is 0.628.